The van der Waals surface area contributed by atoms with E-state index in [2.05, 4.69) is 15.3 Å². The molecule has 0 unspecified atom stereocenters. The van der Waals surface area contributed by atoms with Gasteiger partial charge in [0.05, 0.1) is 37.7 Å². The molecule has 1 amide bonds. The van der Waals surface area contributed by atoms with Crippen LogP contribution < -0.4 is 14.8 Å². The highest BCUT2D eigenvalue weighted by Crippen LogP contribution is 2.29. The van der Waals surface area contributed by atoms with Gasteiger partial charge in [-0.3, -0.25) is 14.6 Å². The Kier molecular flexibility index (Phi) is 6.97. The highest BCUT2D eigenvalue weighted by Gasteiger charge is 2.20. The Labute approximate surface area is 177 Å². The predicted molar refractivity (Wildman–Crippen MR) is 113 cm³/mol. The van der Waals surface area contributed by atoms with Gasteiger partial charge >= 0.3 is 5.97 Å². The number of nitrogens with one attached hydrogen (secondary N) is 1. The number of ether oxygens (including phenoxy) is 3. The molecule has 156 valence electrons. The first-order chi connectivity index (χ1) is 14.5. The molecule has 2 heterocycles. The van der Waals surface area contributed by atoms with Crippen LogP contribution in [0, 0.1) is 0 Å². The molecule has 0 aliphatic carbocycles. The Morgan fingerprint density at radius 2 is 2.00 bits per heavy atom. The molecule has 0 fully saturated rings. The smallest absolute Gasteiger partial charge is 0.312 e. The quantitative estimate of drug-likeness (QED) is 0.551. The average Bonchev–Trinajstić information content (AvgIpc) is 3.22. The number of carbonyl (C=O) groups excluding carboxylic acids is 2. The largest absolute Gasteiger partial charge is 0.497 e. The van der Waals surface area contributed by atoms with Gasteiger partial charge in [-0.05, 0) is 31.2 Å². The lowest BCUT2D eigenvalue weighted by Crippen LogP contribution is -2.30. The monoisotopic (exact) mass is 427 g/mol. The molecule has 30 heavy (non-hydrogen) atoms. The second-order valence-corrected chi connectivity index (χ2v) is 7.08. The number of carbonyl (C=O) groups is 2. The summed E-state index contributed by atoms with van der Waals surface area (Å²) in [5.41, 5.74) is 1.72. The van der Waals surface area contributed by atoms with Crippen molar-refractivity contribution in [2.45, 2.75) is 19.4 Å². The number of methoxy groups -OCH3 is 2. The Hall–Kier alpha value is -3.46. The summed E-state index contributed by atoms with van der Waals surface area (Å²) < 4.78 is 15.7. The molecule has 3 rings (SSSR count). The first-order valence-electron chi connectivity index (χ1n) is 9.08. The van der Waals surface area contributed by atoms with Gasteiger partial charge in [-0.2, -0.15) is 0 Å². The number of thiazole rings is 1. The molecule has 0 spiro atoms. The lowest BCUT2D eigenvalue weighted by molar-refractivity contribution is -0.152. The Morgan fingerprint density at radius 1 is 1.17 bits per heavy atom. The van der Waals surface area contributed by atoms with Gasteiger partial charge in [0, 0.05) is 17.6 Å². The Balaban J connectivity index is 1.58. The van der Waals surface area contributed by atoms with Gasteiger partial charge in [-0.1, -0.05) is 6.07 Å². The van der Waals surface area contributed by atoms with Crippen molar-refractivity contribution in [1.29, 1.82) is 0 Å². The van der Waals surface area contributed by atoms with E-state index in [4.69, 9.17) is 14.2 Å². The number of benzene rings is 1. The number of hydrogen-bond acceptors (Lipinski definition) is 8. The van der Waals surface area contributed by atoms with E-state index in [1.807, 2.05) is 18.2 Å². The number of esters is 1. The molecule has 3 aromatic rings. The maximum absolute atomic E-state index is 12.5. The zero-order valence-corrected chi connectivity index (χ0v) is 17.6. The Morgan fingerprint density at radius 3 is 2.70 bits per heavy atom. The molecule has 0 aliphatic rings. The lowest BCUT2D eigenvalue weighted by atomic mass is 10.2. The average molecular weight is 427 g/mol. The van der Waals surface area contributed by atoms with Crippen LogP contribution in [0.5, 0.6) is 11.5 Å². The molecule has 9 heteroatoms. The van der Waals surface area contributed by atoms with Crippen LogP contribution in [0.25, 0.3) is 10.7 Å². The number of hydrogen-bond donors (Lipinski definition) is 1. The number of anilines is 1. The van der Waals surface area contributed by atoms with Gasteiger partial charge in [0.25, 0.3) is 5.91 Å². The van der Waals surface area contributed by atoms with Crippen LogP contribution in [-0.4, -0.2) is 42.2 Å². The molecule has 8 nitrogen and oxygen atoms in total. The van der Waals surface area contributed by atoms with Crippen LogP contribution in [0.3, 0.4) is 0 Å². The normalized spacial score (nSPS) is 11.4. The third kappa shape index (κ3) is 5.32. The Bertz CT molecular complexity index is 1020. The summed E-state index contributed by atoms with van der Waals surface area (Å²) in [4.78, 5) is 33.3. The summed E-state index contributed by atoms with van der Waals surface area (Å²) in [6, 6.07) is 10.6. The topological polar surface area (TPSA) is 99.6 Å². The van der Waals surface area contributed by atoms with Crippen LogP contribution in [-0.2, 0) is 20.7 Å². The third-order valence-electron chi connectivity index (χ3n) is 4.10. The summed E-state index contributed by atoms with van der Waals surface area (Å²) in [5.74, 6) is -0.00864. The highest BCUT2D eigenvalue weighted by molar-refractivity contribution is 7.13. The van der Waals surface area contributed by atoms with Crippen molar-refractivity contribution >= 4 is 28.9 Å². The fourth-order valence-corrected chi connectivity index (χ4v) is 3.38. The molecular weight excluding hydrogens is 406 g/mol. The zero-order valence-electron chi connectivity index (χ0n) is 16.7. The summed E-state index contributed by atoms with van der Waals surface area (Å²) in [6.45, 7) is 1.50. The summed E-state index contributed by atoms with van der Waals surface area (Å²) >= 11 is 1.39. The van der Waals surface area contributed by atoms with E-state index >= 15 is 0 Å². The van der Waals surface area contributed by atoms with Crippen LogP contribution in [0.15, 0.2) is 48.0 Å². The van der Waals surface area contributed by atoms with Crippen LogP contribution in [0.1, 0.15) is 12.6 Å². The van der Waals surface area contributed by atoms with E-state index in [1.165, 1.54) is 32.5 Å². The first kappa shape index (κ1) is 21.3. The van der Waals surface area contributed by atoms with Crippen molar-refractivity contribution in [3.63, 3.8) is 0 Å². The standard InChI is InChI=1S/C21H21N3O5S/c1-13(20(26)24-17-11-15(27-2)7-8-18(17)28-3)29-19(25)10-14-12-30-21(23-14)16-6-4-5-9-22-16/h4-9,11-13H,10H2,1-3H3,(H,24,26)/t13-/m0/s1. The fourth-order valence-electron chi connectivity index (χ4n) is 2.58. The van der Waals surface area contributed by atoms with Gasteiger partial charge in [0.2, 0.25) is 0 Å². The number of pyridine rings is 1. The fraction of sp³-hybridized carbons (Fsp3) is 0.238. The molecule has 1 atom stereocenters. The first-order valence-corrected chi connectivity index (χ1v) is 9.96. The van der Waals surface area contributed by atoms with Crippen molar-refractivity contribution in [3.05, 3.63) is 53.7 Å². The maximum atomic E-state index is 12.5. The van der Waals surface area contributed by atoms with Crippen molar-refractivity contribution < 1.29 is 23.8 Å². The molecule has 0 saturated carbocycles. The molecule has 0 bridgehead atoms. The molecule has 1 N–H and O–H groups in total. The van der Waals surface area contributed by atoms with Gasteiger partial charge in [-0.15, -0.1) is 11.3 Å². The van der Waals surface area contributed by atoms with Gasteiger partial charge in [-0.25, -0.2) is 4.98 Å². The van der Waals surface area contributed by atoms with Crippen LogP contribution in [0.4, 0.5) is 5.69 Å². The summed E-state index contributed by atoms with van der Waals surface area (Å²) in [7, 11) is 3.02. The number of amides is 1. The van der Waals surface area contributed by atoms with E-state index in [0.29, 0.717) is 27.9 Å². The molecule has 2 aromatic heterocycles. The van der Waals surface area contributed by atoms with Gasteiger partial charge < -0.3 is 19.5 Å². The summed E-state index contributed by atoms with van der Waals surface area (Å²) in [5, 5.41) is 5.18. The predicted octanol–water partition coefficient (Wildman–Crippen LogP) is 3.34. The zero-order chi connectivity index (χ0) is 21.5. The molecule has 0 aliphatic heterocycles. The molecule has 0 saturated heterocycles. The lowest BCUT2D eigenvalue weighted by Gasteiger charge is -2.15. The minimum atomic E-state index is -0.998. The minimum absolute atomic E-state index is 0.0383. The van der Waals surface area contributed by atoms with Crippen molar-refractivity contribution in [2.24, 2.45) is 0 Å². The van der Waals surface area contributed by atoms with Crippen LogP contribution in [0.2, 0.25) is 0 Å². The van der Waals surface area contributed by atoms with Crippen LogP contribution >= 0.6 is 11.3 Å². The minimum Gasteiger partial charge on any atom is -0.497 e. The van der Waals surface area contributed by atoms with Gasteiger partial charge in [0.1, 0.15) is 16.5 Å². The van der Waals surface area contributed by atoms with Crippen molar-refractivity contribution in [3.8, 4) is 22.2 Å². The molecular formula is C21H21N3O5S. The van der Waals surface area contributed by atoms with E-state index in [-0.39, 0.29) is 6.42 Å². The second kappa shape index (κ2) is 9.84. The van der Waals surface area contributed by atoms with E-state index in [9.17, 15) is 9.59 Å². The van der Waals surface area contributed by atoms with E-state index in [0.717, 1.165) is 5.69 Å². The number of rotatable bonds is 8. The SMILES string of the molecule is COc1ccc(OC)c(NC(=O)[C@H](C)OC(=O)Cc2csc(-c3ccccn3)n2)c1. The van der Waals surface area contributed by atoms with Gasteiger partial charge in [0.15, 0.2) is 6.10 Å². The number of aromatic nitrogens is 2. The van der Waals surface area contributed by atoms with E-state index in [1.54, 1.807) is 29.8 Å². The highest BCUT2D eigenvalue weighted by atomic mass is 32.1. The van der Waals surface area contributed by atoms with Crippen molar-refractivity contribution in [1.82, 2.24) is 9.97 Å². The number of nitrogens with zero attached hydrogens (tertiary/aromatic N) is 2. The molecule has 1 aromatic carbocycles. The summed E-state index contributed by atoms with van der Waals surface area (Å²) in [6.07, 6.45) is 0.647. The van der Waals surface area contributed by atoms with Crippen molar-refractivity contribution in [2.75, 3.05) is 19.5 Å². The van der Waals surface area contributed by atoms with E-state index < -0.39 is 18.0 Å². The maximum Gasteiger partial charge on any atom is 0.312 e. The third-order valence-corrected chi connectivity index (χ3v) is 5.02. The second-order valence-electron chi connectivity index (χ2n) is 6.22. The molecule has 0 radical (unpaired) electrons.